The molecule has 0 unspecified atom stereocenters. The zero-order valence-electron chi connectivity index (χ0n) is 15.2. The van der Waals surface area contributed by atoms with Gasteiger partial charge in [0.25, 0.3) is 11.5 Å². The molecular formula is C21H20N4O2. The van der Waals surface area contributed by atoms with Crippen molar-refractivity contribution in [3.63, 3.8) is 0 Å². The summed E-state index contributed by atoms with van der Waals surface area (Å²) in [7, 11) is 0. The van der Waals surface area contributed by atoms with Crippen molar-refractivity contribution in [1.29, 1.82) is 0 Å². The number of carbonyl (C=O) groups excluding carboxylic acids is 1. The Balaban J connectivity index is 1.92. The SMILES string of the molecule is CCNC(=O)c1cccc(-c2ccc3c4[nH]ncc4c(=O)n(CC)c3c2)c1. The molecular weight excluding hydrogens is 340 g/mol. The van der Waals surface area contributed by atoms with E-state index in [0.29, 0.717) is 24.0 Å². The van der Waals surface area contributed by atoms with Gasteiger partial charge in [-0.3, -0.25) is 14.7 Å². The van der Waals surface area contributed by atoms with Crippen LogP contribution in [-0.2, 0) is 6.54 Å². The fourth-order valence-corrected chi connectivity index (χ4v) is 3.47. The smallest absolute Gasteiger partial charge is 0.262 e. The second kappa shape index (κ2) is 6.72. The summed E-state index contributed by atoms with van der Waals surface area (Å²) in [6, 6.07) is 13.5. The predicted octanol–water partition coefficient (Wildman–Crippen LogP) is 3.31. The van der Waals surface area contributed by atoms with Crippen LogP contribution in [0.4, 0.5) is 0 Å². The lowest BCUT2D eigenvalue weighted by Gasteiger charge is -2.12. The van der Waals surface area contributed by atoms with Gasteiger partial charge in [0.15, 0.2) is 0 Å². The molecule has 0 radical (unpaired) electrons. The van der Waals surface area contributed by atoms with Crippen LogP contribution in [0.3, 0.4) is 0 Å². The van der Waals surface area contributed by atoms with Crippen LogP contribution >= 0.6 is 0 Å². The number of aromatic amines is 1. The van der Waals surface area contributed by atoms with Crippen molar-refractivity contribution in [3.8, 4) is 11.1 Å². The van der Waals surface area contributed by atoms with Crippen molar-refractivity contribution in [2.45, 2.75) is 20.4 Å². The number of amides is 1. The van der Waals surface area contributed by atoms with Gasteiger partial charge in [0, 0.05) is 24.0 Å². The minimum atomic E-state index is -0.0928. The predicted molar refractivity (Wildman–Crippen MR) is 107 cm³/mol. The van der Waals surface area contributed by atoms with Gasteiger partial charge in [-0.15, -0.1) is 0 Å². The van der Waals surface area contributed by atoms with E-state index in [0.717, 1.165) is 27.5 Å². The molecule has 0 spiro atoms. The highest BCUT2D eigenvalue weighted by Gasteiger charge is 2.13. The zero-order valence-corrected chi connectivity index (χ0v) is 15.2. The van der Waals surface area contributed by atoms with Crippen LogP contribution in [0, 0.1) is 0 Å². The Morgan fingerprint density at radius 1 is 1.11 bits per heavy atom. The van der Waals surface area contributed by atoms with Crippen LogP contribution in [0.1, 0.15) is 24.2 Å². The maximum Gasteiger partial charge on any atom is 0.262 e. The summed E-state index contributed by atoms with van der Waals surface area (Å²) in [5.41, 5.74) is 4.05. The van der Waals surface area contributed by atoms with E-state index < -0.39 is 0 Å². The highest BCUT2D eigenvalue weighted by molar-refractivity contribution is 6.04. The fraction of sp³-hybridized carbons (Fsp3) is 0.190. The normalized spacial score (nSPS) is 11.2. The number of nitrogens with zero attached hydrogens (tertiary/aromatic N) is 2. The second-order valence-electron chi connectivity index (χ2n) is 6.38. The van der Waals surface area contributed by atoms with Gasteiger partial charge in [0.1, 0.15) is 0 Å². The zero-order chi connectivity index (χ0) is 19.0. The van der Waals surface area contributed by atoms with Crippen molar-refractivity contribution in [2.24, 2.45) is 0 Å². The lowest BCUT2D eigenvalue weighted by molar-refractivity contribution is 0.0956. The lowest BCUT2D eigenvalue weighted by Crippen LogP contribution is -2.22. The van der Waals surface area contributed by atoms with Crippen molar-refractivity contribution in [2.75, 3.05) is 6.54 Å². The number of hydrogen-bond acceptors (Lipinski definition) is 3. The van der Waals surface area contributed by atoms with Crippen molar-refractivity contribution in [3.05, 3.63) is 64.6 Å². The number of aryl methyl sites for hydroxylation is 1. The van der Waals surface area contributed by atoms with Gasteiger partial charge in [-0.05, 0) is 43.2 Å². The molecule has 2 N–H and O–H groups in total. The molecule has 27 heavy (non-hydrogen) atoms. The molecule has 4 rings (SSSR count). The number of H-pyrrole nitrogens is 1. The van der Waals surface area contributed by atoms with E-state index in [4.69, 9.17) is 0 Å². The van der Waals surface area contributed by atoms with E-state index in [-0.39, 0.29) is 11.5 Å². The van der Waals surface area contributed by atoms with Crippen molar-refractivity contribution in [1.82, 2.24) is 20.1 Å². The first-order chi connectivity index (χ1) is 13.1. The van der Waals surface area contributed by atoms with Crippen LogP contribution in [0.2, 0.25) is 0 Å². The third-order valence-electron chi connectivity index (χ3n) is 4.78. The molecule has 6 nitrogen and oxygen atoms in total. The van der Waals surface area contributed by atoms with Crippen LogP contribution < -0.4 is 10.9 Å². The minimum Gasteiger partial charge on any atom is -0.352 e. The van der Waals surface area contributed by atoms with Gasteiger partial charge >= 0.3 is 0 Å². The van der Waals surface area contributed by atoms with Gasteiger partial charge in [0.05, 0.1) is 22.6 Å². The number of nitrogens with one attached hydrogen (secondary N) is 2. The standard InChI is InChI=1S/C21H20N4O2/c1-3-22-20(26)15-7-5-6-13(10-15)14-8-9-16-18(11-14)25(4-2)21(27)17-12-23-24-19(16)17/h5-12H,3-4H2,1-2H3,(H,22,26)(H,23,24). The van der Waals surface area contributed by atoms with E-state index in [1.807, 2.05) is 50.2 Å². The molecule has 2 heterocycles. The molecule has 0 fully saturated rings. The Morgan fingerprint density at radius 2 is 1.93 bits per heavy atom. The van der Waals surface area contributed by atoms with E-state index >= 15 is 0 Å². The summed E-state index contributed by atoms with van der Waals surface area (Å²) in [5, 5.41) is 11.3. The topological polar surface area (TPSA) is 79.8 Å². The van der Waals surface area contributed by atoms with Gasteiger partial charge in [-0.25, -0.2) is 0 Å². The fourth-order valence-electron chi connectivity index (χ4n) is 3.47. The van der Waals surface area contributed by atoms with E-state index in [2.05, 4.69) is 15.5 Å². The molecule has 0 aliphatic heterocycles. The molecule has 6 heteroatoms. The average Bonchev–Trinajstić information content (AvgIpc) is 3.19. The molecule has 2 aromatic carbocycles. The number of carbonyl (C=O) groups is 1. The van der Waals surface area contributed by atoms with Gasteiger partial charge in [0.2, 0.25) is 0 Å². The van der Waals surface area contributed by atoms with Gasteiger partial charge < -0.3 is 9.88 Å². The molecule has 2 aromatic heterocycles. The molecule has 0 saturated heterocycles. The Kier molecular flexibility index (Phi) is 4.24. The number of hydrogen-bond donors (Lipinski definition) is 2. The molecule has 0 atom stereocenters. The average molecular weight is 360 g/mol. The Bertz CT molecular complexity index is 1220. The molecule has 0 aliphatic rings. The molecule has 0 saturated carbocycles. The number of fused-ring (bicyclic) bond motifs is 3. The van der Waals surface area contributed by atoms with Crippen LogP contribution in [-0.4, -0.2) is 27.2 Å². The first-order valence-electron chi connectivity index (χ1n) is 9.02. The molecule has 1 amide bonds. The number of pyridine rings is 1. The second-order valence-corrected chi connectivity index (χ2v) is 6.38. The number of benzene rings is 2. The third-order valence-corrected chi connectivity index (χ3v) is 4.78. The summed E-state index contributed by atoms with van der Waals surface area (Å²) >= 11 is 0. The maximum atomic E-state index is 12.7. The van der Waals surface area contributed by atoms with Crippen molar-refractivity contribution >= 4 is 27.7 Å². The quantitative estimate of drug-likeness (QED) is 0.586. The molecule has 0 bridgehead atoms. The molecule has 0 aliphatic carbocycles. The number of aromatic nitrogens is 3. The summed E-state index contributed by atoms with van der Waals surface area (Å²) in [6.07, 6.45) is 1.58. The van der Waals surface area contributed by atoms with Crippen LogP contribution in [0.25, 0.3) is 32.9 Å². The maximum absolute atomic E-state index is 12.7. The summed E-state index contributed by atoms with van der Waals surface area (Å²) in [5.74, 6) is -0.0928. The van der Waals surface area contributed by atoms with E-state index in [9.17, 15) is 9.59 Å². The minimum absolute atomic E-state index is 0.0537. The Hall–Kier alpha value is -3.41. The monoisotopic (exact) mass is 360 g/mol. The highest BCUT2D eigenvalue weighted by Crippen LogP contribution is 2.27. The first kappa shape index (κ1) is 17.0. The highest BCUT2D eigenvalue weighted by atomic mass is 16.1. The van der Waals surface area contributed by atoms with E-state index in [1.54, 1.807) is 16.8 Å². The van der Waals surface area contributed by atoms with E-state index in [1.165, 1.54) is 0 Å². The lowest BCUT2D eigenvalue weighted by atomic mass is 10.0. The van der Waals surface area contributed by atoms with Gasteiger partial charge in [-0.2, -0.15) is 5.10 Å². The molecule has 136 valence electrons. The van der Waals surface area contributed by atoms with Gasteiger partial charge in [-0.1, -0.05) is 24.3 Å². The summed E-state index contributed by atoms with van der Waals surface area (Å²) in [4.78, 5) is 24.9. The van der Waals surface area contributed by atoms with Crippen LogP contribution in [0.5, 0.6) is 0 Å². The first-order valence-corrected chi connectivity index (χ1v) is 9.02. The number of rotatable bonds is 4. The largest absolute Gasteiger partial charge is 0.352 e. The van der Waals surface area contributed by atoms with Crippen LogP contribution in [0.15, 0.2) is 53.5 Å². The molecule has 4 aromatic rings. The Labute approximate surface area is 155 Å². The third kappa shape index (κ3) is 2.79. The van der Waals surface area contributed by atoms with Crippen molar-refractivity contribution < 1.29 is 4.79 Å². The Morgan fingerprint density at radius 3 is 2.70 bits per heavy atom. The summed E-state index contributed by atoms with van der Waals surface area (Å²) < 4.78 is 1.75. The summed E-state index contributed by atoms with van der Waals surface area (Å²) in [6.45, 7) is 5.00.